The predicted molar refractivity (Wildman–Crippen MR) is 96.0 cm³/mol. The number of hydrogen-bond acceptors (Lipinski definition) is 3. The van der Waals surface area contributed by atoms with Crippen LogP contribution in [0.15, 0.2) is 42.5 Å². The van der Waals surface area contributed by atoms with Crippen molar-refractivity contribution in [2.75, 3.05) is 11.9 Å². The maximum atomic E-state index is 12.2. The monoisotopic (exact) mass is 345 g/mol. The second-order valence-corrected chi connectivity index (χ2v) is 5.93. The number of aryl methyl sites for hydroxylation is 1. The molecular formula is C19H20ClNO3. The van der Waals surface area contributed by atoms with E-state index >= 15 is 0 Å². The van der Waals surface area contributed by atoms with Gasteiger partial charge in [-0.1, -0.05) is 24.6 Å². The van der Waals surface area contributed by atoms with Gasteiger partial charge in [-0.15, -0.1) is 0 Å². The average molecular weight is 346 g/mol. The van der Waals surface area contributed by atoms with Gasteiger partial charge in [0.2, 0.25) is 5.91 Å². The van der Waals surface area contributed by atoms with Gasteiger partial charge in [0.1, 0.15) is 5.75 Å². The number of ketones is 1. The summed E-state index contributed by atoms with van der Waals surface area (Å²) in [4.78, 5) is 23.7. The molecule has 0 atom stereocenters. The van der Waals surface area contributed by atoms with Gasteiger partial charge in [0.25, 0.3) is 0 Å². The fraction of sp³-hybridized carbons (Fsp3) is 0.263. The van der Waals surface area contributed by atoms with Crippen LogP contribution in [0.1, 0.15) is 35.7 Å². The number of Topliss-reactive ketones (excluding diaryl/α,β-unsaturated/α-hetero) is 1. The number of benzene rings is 2. The second-order valence-electron chi connectivity index (χ2n) is 5.52. The van der Waals surface area contributed by atoms with Gasteiger partial charge in [-0.2, -0.15) is 0 Å². The zero-order chi connectivity index (χ0) is 17.5. The van der Waals surface area contributed by atoms with E-state index in [1.807, 2.05) is 19.9 Å². The Kier molecular flexibility index (Phi) is 6.38. The number of ether oxygens (including phenoxy) is 1. The lowest BCUT2D eigenvalue weighted by atomic mass is 10.1. The fourth-order valence-corrected chi connectivity index (χ4v) is 2.31. The molecular weight excluding hydrogens is 326 g/mol. The third-order valence-corrected chi connectivity index (χ3v) is 3.73. The normalized spacial score (nSPS) is 10.3. The van der Waals surface area contributed by atoms with Gasteiger partial charge < -0.3 is 10.1 Å². The highest BCUT2D eigenvalue weighted by Crippen LogP contribution is 2.25. The van der Waals surface area contributed by atoms with E-state index in [0.29, 0.717) is 28.4 Å². The summed E-state index contributed by atoms with van der Waals surface area (Å²) in [6.07, 6.45) is 1.27. The van der Waals surface area contributed by atoms with E-state index < -0.39 is 0 Å². The molecule has 0 aliphatic heterocycles. The molecule has 1 N–H and O–H groups in total. The average Bonchev–Trinajstić information content (AvgIpc) is 2.56. The Labute approximate surface area is 146 Å². The van der Waals surface area contributed by atoms with Crippen LogP contribution in [0.4, 0.5) is 5.69 Å². The Balaban J connectivity index is 1.95. The molecule has 0 bridgehead atoms. The molecule has 0 saturated heterocycles. The van der Waals surface area contributed by atoms with Crippen LogP contribution < -0.4 is 10.1 Å². The van der Waals surface area contributed by atoms with E-state index in [9.17, 15) is 9.59 Å². The van der Waals surface area contributed by atoms with Crippen LogP contribution in [-0.2, 0) is 4.79 Å². The number of carbonyl (C=O) groups is 2. The predicted octanol–water partition coefficient (Wildman–Crippen LogP) is 4.65. The smallest absolute Gasteiger partial charge is 0.224 e. The molecule has 0 aromatic heterocycles. The van der Waals surface area contributed by atoms with Crippen LogP contribution in [0.2, 0.25) is 5.02 Å². The van der Waals surface area contributed by atoms with E-state index in [1.165, 1.54) is 0 Å². The van der Waals surface area contributed by atoms with Crippen LogP contribution in [0.5, 0.6) is 5.75 Å². The molecule has 0 unspecified atom stereocenters. The number of nitrogens with one attached hydrogen (secondary N) is 1. The Morgan fingerprint density at radius 1 is 1.12 bits per heavy atom. The van der Waals surface area contributed by atoms with Gasteiger partial charge in [0.15, 0.2) is 12.4 Å². The second kappa shape index (κ2) is 8.50. The highest BCUT2D eigenvalue weighted by atomic mass is 35.5. The van der Waals surface area contributed by atoms with Crippen LogP contribution in [0.3, 0.4) is 0 Å². The molecule has 2 rings (SSSR count). The van der Waals surface area contributed by atoms with Gasteiger partial charge in [-0.3, -0.25) is 9.59 Å². The van der Waals surface area contributed by atoms with Gasteiger partial charge >= 0.3 is 0 Å². The zero-order valence-corrected chi connectivity index (χ0v) is 14.5. The number of amides is 1. The summed E-state index contributed by atoms with van der Waals surface area (Å²) in [7, 11) is 0. The maximum Gasteiger partial charge on any atom is 0.224 e. The van der Waals surface area contributed by atoms with E-state index in [4.69, 9.17) is 16.3 Å². The van der Waals surface area contributed by atoms with Crippen molar-refractivity contribution in [3.63, 3.8) is 0 Å². The van der Waals surface area contributed by atoms with E-state index in [-0.39, 0.29) is 18.3 Å². The van der Waals surface area contributed by atoms with Crippen molar-refractivity contribution in [3.8, 4) is 5.75 Å². The molecule has 5 heteroatoms. The SMILES string of the molecule is CCCC(=O)Nc1ccc(C(=O)COc2cc(C)ccc2Cl)cc1. The highest BCUT2D eigenvalue weighted by Gasteiger charge is 2.09. The first-order chi connectivity index (χ1) is 11.5. The Bertz CT molecular complexity index is 726. The van der Waals surface area contributed by atoms with Crippen molar-refractivity contribution in [2.24, 2.45) is 0 Å². The van der Waals surface area contributed by atoms with Crippen molar-refractivity contribution in [3.05, 3.63) is 58.6 Å². The quantitative estimate of drug-likeness (QED) is 0.743. The molecule has 0 fully saturated rings. The summed E-state index contributed by atoms with van der Waals surface area (Å²) in [6, 6.07) is 12.2. The zero-order valence-electron chi connectivity index (χ0n) is 13.8. The van der Waals surface area contributed by atoms with Crippen molar-refractivity contribution >= 4 is 29.0 Å². The molecule has 4 nitrogen and oxygen atoms in total. The van der Waals surface area contributed by atoms with E-state index in [1.54, 1.807) is 36.4 Å². The van der Waals surface area contributed by atoms with Gasteiger partial charge in [-0.05, 0) is 55.3 Å². The first-order valence-corrected chi connectivity index (χ1v) is 8.19. The van der Waals surface area contributed by atoms with Crippen LogP contribution in [-0.4, -0.2) is 18.3 Å². The minimum Gasteiger partial charge on any atom is -0.484 e. The van der Waals surface area contributed by atoms with Gasteiger partial charge in [0.05, 0.1) is 5.02 Å². The first kappa shape index (κ1) is 18.0. The number of hydrogen-bond donors (Lipinski definition) is 1. The number of carbonyl (C=O) groups excluding carboxylic acids is 2. The van der Waals surface area contributed by atoms with Crippen molar-refractivity contribution in [1.82, 2.24) is 0 Å². The molecule has 126 valence electrons. The van der Waals surface area contributed by atoms with Crippen LogP contribution in [0.25, 0.3) is 0 Å². The lowest BCUT2D eigenvalue weighted by Crippen LogP contribution is -2.13. The van der Waals surface area contributed by atoms with Gasteiger partial charge in [-0.25, -0.2) is 0 Å². The summed E-state index contributed by atoms with van der Waals surface area (Å²) >= 11 is 6.04. The number of rotatable bonds is 7. The summed E-state index contributed by atoms with van der Waals surface area (Å²) in [5, 5.41) is 3.26. The largest absolute Gasteiger partial charge is 0.484 e. The van der Waals surface area contributed by atoms with Crippen molar-refractivity contribution in [1.29, 1.82) is 0 Å². The van der Waals surface area contributed by atoms with Crippen molar-refractivity contribution in [2.45, 2.75) is 26.7 Å². The standard InChI is InChI=1S/C19H20ClNO3/c1-3-4-19(23)21-15-8-6-14(7-9-15)17(22)12-24-18-11-13(2)5-10-16(18)20/h5-11H,3-4,12H2,1-2H3,(H,21,23). The van der Waals surface area contributed by atoms with Crippen LogP contribution in [0, 0.1) is 6.92 Å². The van der Waals surface area contributed by atoms with E-state index in [0.717, 1.165) is 12.0 Å². The Morgan fingerprint density at radius 2 is 1.83 bits per heavy atom. The Morgan fingerprint density at radius 3 is 2.50 bits per heavy atom. The Hall–Kier alpha value is -2.33. The lowest BCUT2D eigenvalue weighted by Gasteiger charge is -2.09. The maximum absolute atomic E-state index is 12.2. The molecule has 24 heavy (non-hydrogen) atoms. The molecule has 0 radical (unpaired) electrons. The number of halogens is 1. The fourth-order valence-electron chi connectivity index (χ4n) is 2.14. The highest BCUT2D eigenvalue weighted by molar-refractivity contribution is 6.32. The minimum absolute atomic E-state index is 0.0333. The molecule has 2 aromatic rings. The molecule has 0 aliphatic rings. The molecule has 0 saturated carbocycles. The van der Waals surface area contributed by atoms with Gasteiger partial charge in [0, 0.05) is 17.7 Å². The summed E-state index contributed by atoms with van der Waals surface area (Å²) in [6.45, 7) is 3.78. The minimum atomic E-state index is -0.154. The molecule has 2 aromatic carbocycles. The molecule has 1 amide bonds. The lowest BCUT2D eigenvalue weighted by molar-refractivity contribution is -0.116. The first-order valence-electron chi connectivity index (χ1n) is 7.81. The van der Waals surface area contributed by atoms with E-state index in [2.05, 4.69) is 5.32 Å². The molecule has 0 spiro atoms. The third kappa shape index (κ3) is 5.10. The third-order valence-electron chi connectivity index (χ3n) is 3.41. The summed E-state index contributed by atoms with van der Waals surface area (Å²) in [5.41, 5.74) is 2.20. The summed E-state index contributed by atoms with van der Waals surface area (Å²) in [5.74, 6) is 0.307. The summed E-state index contributed by atoms with van der Waals surface area (Å²) < 4.78 is 5.51. The topological polar surface area (TPSA) is 55.4 Å². The number of anilines is 1. The van der Waals surface area contributed by atoms with Crippen LogP contribution >= 0.6 is 11.6 Å². The molecule has 0 aliphatic carbocycles. The molecule has 0 heterocycles. The van der Waals surface area contributed by atoms with Crippen molar-refractivity contribution < 1.29 is 14.3 Å².